The molecule has 0 spiro atoms. The fourth-order valence-electron chi connectivity index (χ4n) is 2.88. The fraction of sp³-hybridized carbons (Fsp3) is 0.389. The number of carbonyl (C=O) groups excluding carboxylic acids is 1. The SMILES string of the molecule is C=CCCC(=O)N1CCc2cc(OC)c(OC)cc2C1C=C. The van der Waals surface area contributed by atoms with Gasteiger partial charge in [0.1, 0.15) is 0 Å². The maximum atomic E-state index is 12.4. The molecule has 22 heavy (non-hydrogen) atoms. The Morgan fingerprint density at radius 1 is 1.32 bits per heavy atom. The van der Waals surface area contributed by atoms with Crippen LogP contribution in [0.15, 0.2) is 37.4 Å². The summed E-state index contributed by atoms with van der Waals surface area (Å²) >= 11 is 0. The van der Waals surface area contributed by atoms with Crippen LogP contribution < -0.4 is 9.47 Å². The van der Waals surface area contributed by atoms with E-state index in [1.807, 2.05) is 23.1 Å². The highest BCUT2D eigenvalue weighted by Crippen LogP contribution is 2.38. The number of hydrogen-bond donors (Lipinski definition) is 0. The van der Waals surface area contributed by atoms with Crippen LogP contribution in [-0.4, -0.2) is 31.6 Å². The molecule has 1 aliphatic rings. The molecular formula is C18H23NO3. The Labute approximate surface area is 132 Å². The molecule has 1 heterocycles. The summed E-state index contributed by atoms with van der Waals surface area (Å²) in [6, 6.07) is 3.82. The zero-order chi connectivity index (χ0) is 16.1. The molecule has 1 aliphatic heterocycles. The van der Waals surface area contributed by atoms with E-state index in [1.54, 1.807) is 20.3 Å². The Bertz CT molecular complexity index is 580. The zero-order valence-corrected chi connectivity index (χ0v) is 13.3. The van der Waals surface area contributed by atoms with Crippen LogP contribution in [0.3, 0.4) is 0 Å². The van der Waals surface area contributed by atoms with Crippen LogP contribution in [0.25, 0.3) is 0 Å². The lowest BCUT2D eigenvalue weighted by molar-refractivity contribution is -0.133. The first-order valence-electron chi connectivity index (χ1n) is 7.44. The average molecular weight is 301 g/mol. The van der Waals surface area contributed by atoms with Gasteiger partial charge < -0.3 is 14.4 Å². The zero-order valence-electron chi connectivity index (χ0n) is 13.3. The van der Waals surface area contributed by atoms with E-state index < -0.39 is 0 Å². The van der Waals surface area contributed by atoms with Crippen molar-refractivity contribution in [3.63, 3.8) is 0 Å². The lowest BCUT2D eigenvalue weighted by atomic mass is 9.91. The number of amides is 1. The van der Waals surface area contributed by atoms with Gasteiger partial charge in [0.15, 0.2) is 11.5 Å². The second kappa shape index (κ2) is 7.16. The fourth-order valence-corrected chi connectivity index (χ4v) is 2.88. The van der Waals surface area contributed by atoms with Gasteiger partial charge in [-0.15, -0.1) is 13.2 Å². The van der Waals surface area contributed by atoms with Crippen molar-refractivity contribution in [1.82, 2.24) is 4.90 Å². The molecule has 1 aromatic carbocycles. The smallest absolute Gasteiger partial charge is 0.223 e. The largest absolute Gasteiger partial charge is 0.493 e. The standard InChI is InChI=1S/C18H23NO3/c1-5-7-8-18(20)19-10-9-13-11-16(21-3)17(22-4)12-14(13)15(19)6-2/h5-6,11-12,15H,1-2,7-10H2,3-4H3. The number of fused-ring (bicyclic) bond motifs is 1. The van der Waals surface area contributed by atoms with E-state index in [0.29, 0.717) is 25.1 Å². The second-order valence-electron chi connectivity index (χ2n) is 5.25. The molecule has 0 aromatic heterocycles. The highest BCUT2D eigenvalue weighted by molar-refractivity contribution is 5.77. The van der Waals surface area contributed by atoms with Gasteiger partial charge in [0, 0.05) is 13.0 Å². The van der Waals surface area contributed by atoms with Gasteiger partial charge in [-0.05, 0) is 36.1 Å². The molecule has 1 aromatic rings. The van der Waals surface area contributed by atoms with Crippen molar-refractivity contribution in [2.24, 2.45) is 0 Å². The summed E-state index contributed by atoms with van der Waals surface area (Å²) in [7, 11) is 3.24. The summed E-state index contributed by atoms with van der Waals surface area (Å²) in [4.78, 5) is 14.3. The molecular weight excluding hydrogens is 278 g/mol. The van der Waals surface area contributed by atoms with Crippen LogP contribution in [0.1, 0.15) is 30.0 Å². The van der Waals surface area contributed by atoms with Crippen LogP contribution in [0.5, 0.6) is 11.5 Å². The molecule has 1 amide bonds. The van der Waals surface area contributed by atoms with Crippen molar-refractivity contribution in [3.05, 3.63) is 48.6 Å². The number of carbonyl (C=O) groups is 1. The minimum Gasteiger partial charge on any atom is -0.493 e. The summed E-state index contributed by atoms with van der Waals surface area (Å²) in [6.07, 6.45) is 5.57. The Hall–Kier alpha value is -2.23. The summed E-state index contributed by atoms with van der Waals surface area (Å²) in [5, 5.41) is 0. The first kappa shape index (κ1) is 16.1. The topological polar surface area (TPSA) is 38.8 Å². The molecule has 118 valence electrons. The van der Waals surface area contributed by atoms with E-state index >= 15 is 0 Å². The number of methoxy groups -OCH3 is 2. The Morgan fingerprint density at radius 2 is 2.00 bits per heavy atom. The molecule has 1 unspecified atom stereocenters. The van der Waals surface area contributed by atoms with Crippen molar-refractivity contribution in [2.75, 3.05) is 20.8 Å². The van der Waals surface area contributed by atoms with Gasteiger partial charge >= 0.3 is 0 Å². The van der Waals surface area contributed by atoms with E-state index in [0.717, 1.165) is 17.7 Å². The van der Waals surface area contributed by atoms with Gasteiger partial charge in [0.05, 0.1) is 20.3 Å². The van der Waals surface area contributed by atoms with E-state index in [4.69, 9.17) is 9.47 Å². The number of benzene rings is 1. The number of ether oxygens (including phenoxy) is 2. The van der Waals surface area contributed by atoms with Crippen LogP contribution in [0, 0.1) is 0 Å². The molecule has 0 aliphatic carbocycles. The molecule has 0 bridgehead atoms. The van der Waals surface area contributed by atoms with E-state index in [1.165, 1.54) is 5.56 Å². The lowest BCUT2D eigenvalue weighted by Crippen LogP contribution is -2.39. The monoisotopic (exact) mass is 301 g/mol. The molecule has 0 N–H and O–H groups in total. The van der Waals surface area contributed by atoms with Crippen molar-refractivity contribution in [2.45, 2.75) is 25.3 Å². The second-order valence-corrected chi connectivity index (χ2v) is 5.25. The Kier molecular flexibility index (Phi) is 5.26. The summed E-state index contributed by atoms with van der Waals surface area (Å²) in [6.45, 7) is 8.27. The van der Waals surface area contributed by atoms with E-state index in [2.05, 4.69) is 13.2 Å². The molecule has 1 atom stereocenters. The van der Waals surface area contributed by atoms with Crippen LogP contribution >= 0.6 is 0 Å². The highest BCUT2D eigenvalue weighted by atomic mass is 16.5. The van der Waals surface area contributed by atoms with E-state index in [-0.39, 0.29) is 11.9 Å². The molecule has 4 nitrogen and oxygen atoms in total. The third-order valence-corrected chi connectivity index (χ3v) is 4.03. The van der Waals surface area contributed by atoms with Crippen molar-refractivity contribution >= 4 is 5.91 Å². The lowest BCUT2D eigenvalue weighted by Gasteiger charge is -2.36. The quantitative estimate of drug-likeness (QED) is 0.757. The minimum absolute atomic E-state index is 0.124. The van der Waals surface area contributed by atoms with Gasteiger partial charge in [-0.1, -0.05) is 12.2 Å². The maximum Gasteiger partial charge on any atom is 0.223 e. The molecule has 0 saturated heterocycles. The molecule has 2 rings (SSSR count). The van der Waals surface area contributed by atoms with Gasteiger partial charge in [-0.3, -0.25) is 4.79 Å². The predicted octanol–water partition coefficient (Wildman–Crippen LogP) is 3.28. The number of hydrogen-bond acceptors (Lipinski definition) is 3. The number of allylic oxidation sites excluding steroid dienone is 1. The van der Waals surface area contributed by atoms with Crippen molar-refractivity contribution in [3.8, 4) is 11.5 Å². The number of rotatable bonds is 6. The Morgan fingerprint density at radius 3 is 2.59 bits per heavy atom. The van der Waals surface area contributed by atoms with Crippen molar-refractivity contribution < 1.29 is 14.3 Å². The molecule has 0 radical (unpaired) electrons. The molecule has 0 saturated carbocycles. The van der Waals surface area contributed by atoms with Gasteiger partial charge in [0.25, 0.3) is 0 Å². The summed E-state index contributed by atoms with van der Waals surface area (Å²) < 4.78 is 10.7. The van der Waals surface area contributed by atoms with E-state index in [9.17, 15) is 4.79 Å². The van der Waals surface area contributed by atoms with Crippen LogP contribution in [-0.2, 0) is 11.2 Å². The van der Waals surface area contributed by atoms with Crippen LogP contribution in [0.2, 0.25) is 0 Å². The third-order valence-electron chi connectivity index (χ3n) is 4.03. The van der Waals surface area contributed by atoms with Gasteiger partial charge in [-0.2, -0.15) is 0 Å². The summed E-state index contributed by atoms with van der Waals surface area (Å²) in [5.74, 6) is 1.52. The highest BCUT2D eigenvalue weighted by Gasteiger charge is 2.29. The first-order chi connectivity index (χ1) is 10.7. The first-order valence-corrected chi connectivity index (χ1v) is 7.44. The Balaban J connectivity index is 2.36. The van der Waals surface area contributed by atoms with Crippen molar-refractivity contribution in [1.29, 1.82) is 0 Å². The summed E-state index contributed by atoms with van der Waals surface area (Å²) in [5.41, 5.74) is 2.24. The molecule has 0 fully saturated rings. The predicted molar refractivity (Wildman–Crippen MR) is 87.3 cm³/mol. The van der Waals surface area contributed by atoms with Crippen LogP contribution in [0.4, 0.5) is 0 Å². The molecule has 4 heteroatoms. The van der Waals surface area contributed by atoms with Gasteiger partial charge in [-0.25, -0.2) is 0 Å². The normalized spacial score (nSPS) is 16.6. The number of nitrogens with zero attached hydrogens (tertiary/aromatic N) is 1. The minimum atomic E-state index is -0.124. The van der Waals surface area contributed by atoms with Gasteiger partial charge in [0.2, 0.25) is 5.91 Å². The maximum absolute atomic E-state index is 12.4. The average Bonchev–Trinajstić information content (AvgIpc) is 2.56. The third kappa shape index (κ3) is 3.01.